The Morgan fingerprint density at radius 2 is 2.17 bits per heavy atom. The number of H-pyrrole nitrogens is 1. The minimum absolute atomic E-state index is 0.204. The predicted molar refractivity (Wildman–Crippen MR) is 79.7 cm³/mol. The number of hydrogen-bond donors (Lipinski definition) is 1. The normalized spacial score (nSPS) is 17.8. The number of aromatic nitrogens is 1. The van der Waals surface area contributed by atoms with Crippen molar-refractivity contribution in [3.63, 3.8) is 0 Å². The molecule has 1 atom stereocenters. The van der Waals surface area contributed by atoms with Gasteiger partial charge in [0.1, 0.15) is 23.4 Å². The van der Waals surface area contributed by atoms with Crippen LogP contribution >= 0.6 is 0 Å². The molecule has 0 bridgehead atoms. The molecule has 118 valence electrons. The van der Waals surface area contributed by atoms with Crippen molar-refractivity contribution in [1.82, 2.24) is 9.88 Å². The van der Waals surface area contributed by atoms with Gasteiger partial charge in [-0.15, -0.1) is 0 Å². The molecule has 1 saturated heterocycles. The number of carbonyl (C=O) groups excluding carboxylic acids is 1. The number of carbonyl (C=O) groups is 1. The molecule has 1 aromatic carbocycles. The number of nitrogens with zero attached hydrogens (tertiary/aromatic N) is 2. The quantitative estimate of drug-likeness (QED) is 0.925. The lowest BCUT2D eigenvalue weighted by Crippen LogP contribution is -2.39. The van der Waals surface area contributed by atoms with E-state index in [0.29, 0.717) is 36.3 Å². The molecular weight excluding hydrogens is 300 g/mol. The van der Waals surface area contributed by atoms with Crippen molar-refractivity contribution in [2.45, 2.75) is 18.8 Å². The van der Waals surface area contributed by atoms with Gasteiger partial charge in [-0.2, -0.15) is 5.26 Å². The molecule has 1 aliphatic heterocycles. The van der Waals surface area contributed by atoms with Crippen molar-refractivity contribution in [3.8, 4) is 6.07 Å². The Hall–Kier alpha value is -2.68. The molecule has 1 aliphatic rings. The van der Waals surface area contributed by atoms with E-state index in [1.54, 1.807) is 4.90 Å². The van der Waals surface area contributed by atoms with Gasteiger partial charge in [-0.05, 0) is 42.7 Å². The molecule has 1 fully saturated rings. The Labute approximate surface area is 132 Å². The highest BCUT2D eigenvalue weighted by molar-refractivity contribution is 5.94. The fourth-order valence-corrected chi connectivity index (χ4v) is 3.01. The number of benzene rings is 1. The van der Waals surface area contributed by atoms with Gasteiger partial charge in [0.2, 0.25) is 0 Å². The van der Waals surface area contributed by atoms with E-state index in [-0.39, 0.29) is 11.8 Å². The lowest BCUT2D eigenvalue weighted by molar-refractivity contribution is 0.0706. The van der Waals surface area contributed by atoms with Crippen LogP contribution in [0.5, 0.6) is 0 Å². The van der Waals surface area contributed by atoms with E-state index in [1.807, 2.05) is 6.07 Å². The minimum Gasteiger partial charge on any atom is -0.352 e. The summed E-state index contributed by atoms with van der Waals surface area (Å²) in [6.07, 6.45) is 2.93. The van der Waals surface area contributed by atoms with Crippen LogP contribution in [0.15, 0.2) is 30.5 Å². The topological polar surface area (TPSA) is 59.9 Å². The number of nitrogens with one attached hydrogen (secondary N) is 1. The maximum absolute atomic E-state index is 13.9. The number of hydrogen-bond acceptors (Lipinski definition) is 2. The van der Waals surface area contributed by atoms with Crippen LogP contribution in [0.25, 0.3) is 0 Å². The second-order valence-electron chi connectivity index (χ2n) is 5.67. The van der Waals surface area contributed by atoms with Crippen molar-refractivity contribution in [1.29, 1.82) is 5.26 Å². The third-order valence-corrected chi connectivity index (χ3v) is 4.16. The molecule has 3 rings (SSSR count). The minimum atomic E-state index is -0.478. The first kappa shape index (κ1) is 15.2. The number of halogens is 2. The van der Waals surface area contributed by atoms with E-state index < -0.39 is 11.6 Å². The fraction of sp³-hybridized carbons (Fsp3) is 0.294. The van der Waals surface area contributed by atoms with Gasteiger partial charge in [-0.1, -0.05) is 0 Å². The van der Waals surface area contributed by atoms with Gasteiger partial charge in [-0.3, -0.25) is 4.79 Å². The summed E-state index contributed by atoms with van der Waals surface area (Å²) in [5.74, 6) is -1.35. The predicted octanol–water partition coefficient (Wildman–Crippen LogP) is 3.18. The molecule has 0 radical (unpaired) electrons. The molecule has 4 nitrogen and oxygen atoms in total. The number of amides is 1. The molecule has 0 saturated carbocycles. The maximum Gasteiger partial charge on any atom is 0.255 e. The molecule has 6 heteroatoms. The fourth-order valence-electron chi connectivity index (χ4n) is 3.01. The van der Waals surface area contributed by atoms with Gasteiger partial charge in [-0.25, -0.2) is 8.78 Å². The largest absolute Gasteiger partial charge is 0.352 e. The zero-order valence-corrected chi connectivity index (χ0v) is 12.4. The molecule has 0 spiro atoms. The second-order valence-corrected chi connectivity index (χ2v) is 5.67. The van der Waals surface area contributed by atoms with Crippen LogP contribution in [-0.2, 0) is 0 Å². The average molecular weight is 315 g/mol. The van der Waals surface area contributed by atoms with Gasteiger partial charge < -0.3 is 9.88 Å². The zero-order chi connectivity index (χ0) is 16.4. The van der Waals surface area contributed by atoms with Gasteiger partial charge in [0.15, 0.2) is 0 Å². The molecule has 1 aromatic heterocycles. The third-order valence-electron chi connectivity index (χ3n) is 4.16. The average Bonchev–Trinajstić information content (AvgIpc) is 3.05. The molecule has 1 amide bonds. The van der Waals surface area contributed by atoms with Crippen molar-refractivity contribution >= 4 is 5.91 Å². The van der Waals surface area contributed by atoms with Crippen LogP contribution in [0.2, 0.25) is 0 Å². The van der Waals surface area contributed by atoms with E-state index in [1.165, 1.54) is 18.3 Å². The molecular formula is C17H15F2N3O. The van der Waals surface area contributed by atoms with Crippen molar-refractivity contribution in [2.24, 2.45) is 0 Å². The van der Waals surface area contributed by atoms with E-state index in [9.17, 15) is 13.6 Å². The molecule has 2 heterocycles. The van der Waals surface area contributed by atoms with Gasteiger partial charge in [0.05, 0.1) is 5.56 Å². The van der Waals surface area contributed by atoms with Gasteiger partial charge in [0.25, 0.3) is 5.91 Å². The van der Waals surface area contributed by atoms with Crippen LogP contribution in [-0.4, -0.2) is 28.9 Å². The summed E-state index contributed by atoms with van der Waals surface area (Å²) in [6, 6.07) is 6.85. The lowest BCUT2D eigenvalue weighted by atomic mass is 9.90. The lowest BCUT2D eigenvalue weighted by Gasteiger charge is -2.33. The highest BCUT2D eigenvalue weighted by atomic mass is 19.1. The summed E-state index contributed by atoms with van der Waals surface area (Å²) < 4.78 is 27.3. The van der Waals surface area contributed by atoms with Crippen LogP contribution in [0, 0.1) is 23.0 Å². The van der Waals surface area contributed by atoms with Crippen LogP contribution in [0.3, 0.4) is 0 Å². The highest BCUT2D eigenvalue weighted by Gasteiger charge is 2.27. The first-order valence-electron chi connectivity index (χ1n) is 7.41. The number of piperidine rings is 1. The SMILES string of the molecule is N#Cc1cc(C(=O)N2CCCC(c3cc(F)ccc3F)C2)c[nH]1. The van der Waals surface area contributed by atoms with Gasteiger partial charge >= 0.3 is 0 Å². The number of aromatic amines is 1. The smallest absolute Gasteiger partial charge is 0.255 e. The van der Waals surface area contributed by atoms with E-state index in [4.69, 9.17) is 5.26 Å². The molecule has 1 N–H and O–H groups in total. The Balaban J connectivity index is 1.79. The van der Waals surface area contributed by atoms with Crippen LogP contribution in [0.4, 0.5) is 8.78 Å². The molecule has 0 aliphatic carbocycles. The standard InChI is InChI=1S/C17H15F2N3O/c18-13-3-4-16(19)15(7-13)11-2-1-5-22(10-11)17(23)12-6-14(8-20)21-9-12/h3-4,6-7,9,11,21H,1-2,5,10H2. The second kappa shape index (κ2) is 6.21. The van der Waals surface area contributed by atoms with Crippen molar-refractivity contribution in [2.75, 3.05) is 13.1 Å². The monoisotopic (exact) mass is 315 g/mol. The highest BCUT2D eigenvalue weighted by Crippen LogP contribution is 2.30. The van der Waals surface area contributed by atoms with Crippen molar-refractivity contribution < 1.29 is 13.6 Å². The summed E-state index contributed by atoms with van der Waals surface area (Å²) in [5, 5.41) is 8.81. The Morgan fingerprint density at radius 1 is 1.35 bits per heavy atom. The van der Waals surface area contributed by atoms with Crippen LogP contribution < -0.4 is 0 Å². The molecule has 2 aromatic rings. The summed E-state index contributed by atoms with van der Waals surface area (Å²) in [4.78, 5) is 16.8. The van der Waals surface area contributed by atoms with E-state index in [2.05, 4.69) is 4.98 Å². The Morgan fingerprint density at radius 3 is 2.91 bits per heavy atom. The Kier molecular flexibility index (Phi) is 4.11. The van der Waals surface area contributed by atoms with Crippen molar-refractivity contribution in [3.05, 3.63) is 58.9 Å². The first-order chi connectivity index (χ1) is 11.1. The zero-order valence-electron chi connectivity index (χ0n) is 12.4. The van der Waals surface area contributed by atoms with Crippen LogP contribution in [0.1, 0.15) is 40.4 Å². The van der Waals surface area contributed by atoms with E-state index >= 15 is 0 Å². The maximum atomic E-state index is 13.9. The summed E-state index contributed by atoms with van der Waals surface area (Å²) in [6.45, 7) is 0.908. The third kappa shape index (κ3) is 3.09. The summed E-state index contributed by atoms with van der Waals surface area (Å²) in [7, 11) is 0. The number of likely N-dealkylation sites (tertiary alicyclic amines) is 1. The summed E-state index contributed by atoms with van der Waals surface area (Å²) >= 11 is 0. The number of nitriles is 1. The summed E-state index contributed by atoms with van der Waals surface area (Å²) in [5.41, 5.74) is 1.04. The van der Waals surface area contributed by atoms with Gasteiger partial charge in [0, 0.05) is 25.2 Å². The number of rotatable bonds is 2. The van der Waals surface area contributed by atoms with E-state index in [0.717, 1.165) is 18.6 Å². The molecule has 1 unspecified atom stereocenters. The Bertz CT molecular complexity index is 778. The first-order valence-corrected chi connectivity index (χ1v) is 7.41. The molecule has 23 heavy (non-hydrogen) atoms.